The fourth-order valence-electron chi connectivity index (χ4n) is 3.78. The Morgan fingerprint density at radius 1 is 1.22 bits per heavy atom. The second-order valence-corrected chi connectivity index (χ2v) is 6.82. The number of hydrogen-bond donors (Lipinski definition) is 1. The molecule has 0 radical (unpaired) electrons. The molecule has 1 heterocycles. The molecule has 1 saturated heterocycles. The lowest BCUT2D eigenvalue weighted by molar-refractivity contribution is 0.0317. The Bertz CT molecular complexity index is 243. The first-order valence-electron chi connectivity index (χ1n) is 8.16. The quantitative estimate of drug-likeness (QED) is 0.754. The van der Waals surface area contributed by atoms with E-state index in [1.165, 1.54) is 64.6 Å². The van der Waals surface area contributed by atoms with Gasteiger partial charge in [-0.2, -0.15) is 0 Å². The summed E-state index contributed by atoms with van der Waals surface area (Å²) in [5, 5.41) is 3.83. The van der Waals surface area contributed by atoms with Crippen molar-refractivity contribution in [3.05, 3.63) is 0 Å². The van der Waals surface area contributed by atoms with Gasteiger partial charge in [-0.3, -0.25) is 4.90 Å². The Morgan fingerprint density at radius 2 is 1.94 bits per heavy atom. The molecule has 1 aliphatic heterocycles. The molecule has 2 nitrogen and oxygen atoms in total. The largest absolute Gasteiger partial charge is 0.311 e. The van der Waals surface area contributed by atoms with Crippen molar-refractivity contribution in [1.29, 1.82) is 0 Å². The van der Waals surface area contributed by atoms with E-state index in [0.717, 1.165) is 5.92 Å². The molecule has 0 amide bonds. The smallest absolute Gasteiger partial charge is 0.0334 e. The van der Waals surface area contributed by atoms with E-state index in [0.29, 0.717) is 11.6 Å². The lowest BCUT2D eigenvalue weighted by Crippen LogP contribution is -2.64. The number of rotatable bonds is 5. The summed E-state index contributed by atoms with van der Waals surface area (Å²) in [5.74, 6) is 0.762. The van der Waals surface area contributed by atoms with Gasteiger partial charge in [-0.05, 0) is 31.7 Å². The van der Waals surface area contributed by atoms with E-state index in [4.69, 9.17) is 0 Å². The molecule has 1 atom stereocenters. The molecule has 1 N–H and O–H groups in total. The number of nitrogens with zero attached hydrogens (tertiary/aromatic N) is 1. The number of nitrogens with one attached hydrogen (secondary N) is 1. The van der Waals surface area contributed by atoms with Gasteiger partial charge >= 0.3 is 0 Å². The predicted octanol–water partition coefficient (Wildman–Crippen LogP) is 3.42. The minimum absolute atomic E-state index is 0.527. The van der Waals surface area contributed by atoms with Crippen molar-refractivity contribution in [2.45, 2.75) is 77.3 Å². The summed E-state index contributed by atoms with van der Waals surface area (Å²) >= 11 is 0. The van der Waals surface area contributed by atoms with Crippen LogP contribution in [0.2, 0.25) is 0 Å². The highest BCUT2D eigenvalue weighted by molar-refractivity contribution is 5.02. The highest BCUT2D eigenvalue weighted by Crippen LogP contribution is 2.37. The first kappa shape index (κ1) is 14.3. The van der Waals surface area contributed by atoms with Crippen LogP contribution >= 0.6 is 0 Å². The van der Waals surface area contributed by atoms with E-state index < -0.39 is 0 Å². The maximum absolute atomic E-state index is 3.83. The van der Waals surface area contributed by atoms with Crippen molar-refractivity contribution in [1.82, 2.24) is 10.2 Å². The summed E-state index contributed by atoms with van der Waals surface area (Å²) < 4.78 is 0. The fraction of sp³-hybridized carbons (Fsp3) is 1.00. The van der Waals surface area contributed by atoms with Gasteiger partial charge in [-0.15, -0.1) is 0 Å². The SMILES string of the molecule is CCCCCN1CC(C(C)C)NCC12CCCC2. The van der Waals surface area contributed by atoms with E-state index in [2.05, 4.69) is 31.0 Å². The van der Waals surface area contributed by atoms with Gasteiger partial charge in [0.15, 0.2) is 0 Å². The molecule has 18 heavy (non-hydrogen) atoms. The zero-order valence-electron chi connectivity index (χ0n) is 12.7. The molecule has 2 fully saturated rings. The third kappa shape index (κ3) is 3.08. The topological polar surface area (TPSA) is 15.3 Å². The van der Waals surface area contributed by atoms with Crippen molar-refractivity contribution in [3.63, 3.8) is 0 Å². The molecule has 0 aromatic carbocycles. The molecule has 0 bridgehead atoms. The third-order valence-electron chi connectivity index (χ3n) is 5.15. The summed E-state index contributed by atoms with van der Waals surface area (Å²) in [6.07, 6.45) is 9.87. The number of piperazine rings is 1. The predicted molar refractivity (Wildman–Crippen MR) is 78.9 cm³/mol. The van der Waals surface area contributed by atoms with Crippen LogP contribution < -0.4 is 5.32 Å². The third-order valence-corrected chi connectivity index (χ3v) is 5.15. The van der Waals surface area contributed by atoms with Crippen LogP contribution in [0.5, 0.6) is 0 Å². The second kappa shape index (κ2) is 6.38. The maximum Gasteiger partial charge on any atom is 0.0334 e. The van der Waals surface area contributed by atoms with Crippen LogP contribution in [0.4, 0.5) is 0 Å². The van der Waals surface area contributed by atoms with Gasteiger partial charge in [0.25, 0.3) is 0 Å². The normalized spacial score (nSPS) is 28.3. The van der Waals surface area contributed by atoms with E-state index in [9.17, 15) is 0 Å². The lowest BCUT2D eigenvalue weighted by Gasteiger charge is -2.49. The fourth-order valence-corrected chi connectivity index (χ4v) is 3.78. The van der Waals surface area contributed by atoms with Crippen LogP contribution in [0.1, 0.15) is 65.7 Å². The monoisotopic (exact) mass is 252 g/mol. The molecule has 1 aliphatic carbocycles. The van der Waals surface area contributed by atoms with E-state index >= 15 is 0 Å². The molecule has 2 aliphatic rings. The highest BCUT2D eigenvalue weighted by atomic mass is 15.3. The summed E-state index contributed by atoms with van der Waals surface area (Å²) in [4.78, 5) is 2.86. The number of unbranched alkanes of at least 4 members (excludes halogenated alkanes) is 2. The van der Waals surface area contributed by atoms with E-state index in [1.54, 1.807) is 0 Å². The standard InChI is InChI=1S/C16H32N2/c1-4-5-8-11-18-12-15(14(2)3)17-13-16(18)9-6-7-10-16/h14-15,17H,4-13H2,1-3H3. The van der Waals surface area contributed by atoms with Gasteiger partial charge in [0.2, 0.25) is 0 Å². The van der Waals surface area contributed by atoms with Crippen molar-refractivity contribution < 1.29 is 0 Å². The van der Waals surface area contributed by atoms with E-state index in [-0.39, 0.29) is 0 Å². The van der Waals surface area contributed by atoms with Crippen LogP contribution in [0.15, 0.2) is 0 Å². The van der Waals surface area contributed by atoms with Gasteiger partial charge in [0, 0.05) is 24.7 Å². The first-order chi connectivity index (χ1) is 8.68. The Hall–Kier alpha value is -0.0800. The Morgan fingerprint density at radius 3 is 2.56 bits per heavy atom. The molecule has 106 valence electrons. The van der Waals surface area contributed by atoms with Gasteiger partial charge in [-0.1, -0.05) is 46.5 Å². The van der Waals surface area contributed by atoms with Gasteiger partial charge < -0.3 is 5.32 Å². The molecule has 2 rings (SSSR count). The molecule has 0 aromatic heterocycles. The van der Waals surface area contributed by atoms with Gasteiger partial charge in [0.05, 0.1) is 0 Å². The van der Waals surface area contributed by atoms with Crippen molar-refractivity contribution in [2.75, 3.05) is 19.6 Å². The average molecular weight is 252 g/mol. The molecule has 1 saturated carbocycles. The molecular formula is C16H32N2. The maximum atomic E-state index is 3.83. The second-order valence-electron chi connectivity index (χ2n) is 6.82. The molecular weight excluding hydrogens is 220 g/mol. The van der Waals surface area contributed by atoms with Crippen molar-refractivity contribution in [2.24, 2.45) is 5.92 Å². The van der Waals surface area contributed by atoms with Crippen LogP contribution in [0.25, 0.3) is 0 Å². The van der Waals surface area contributed by atoms with Crippen LogP contribution in [0.3, 0.4) is 0 Å². The zero-order chi connectivity index (χ0) is 13.0. The van der Waals surface area contributed by atoms with Gasteiger partial charge in [0.1, 0.15) is 0 Å². The van der Waals surface area contributed by atoms with Crippen molar-refractivity contribution >= 4 is 0 Å². The summed E-state index contributed by atoms with van der Waals surface area (Å²) in [6.45, 7) is 10.9. The minimum atomic E-state index is 0.527. The van der Waals surface area contributed by atoms with Crippen LogP contribution in [-0.4, -0.2) is 36.1 Å². The van der Waals surface area contributed by atoms with Crippen molar-refractivity contribution in [3.8, 4) is 0 Å². The Kier molecular flexibility index (Phi) is 5.08. The van der Waals surface area contributed by atoms with Crippen LogP contribution in [0, 0.1) is 5.92 Å². The van der Waals surface area contributed by atoms with Crippen LogP contribution in [-0.2, 0) is 0 Å². The number of hydrogen-bond acceptors (Lipinski definition) is 2. The van der Waals surface area contributed by atoms with E-state index in [1.807, 2.05) is 0 Å². The highest BCUT2D eigenvalue weighted by Gasteiger charge is 2.43. The zero-order valence-corrected chi connectivity index (χ0v) is 12.7. The minimum Gasteiger partial charge on any atom is -0.311 e. The van der Waals surface area contributed by atoms with Gasteiger partial charge in [-0.25, -0.2) is 0 Å². The summed E-state index contributed by atoms with van der Waals surface area (Å²) in [6, 6.07) is 0.706. The summed E-state index contributed by atoms with van der Waals surface area (Å²) in [5.41, 5.74) is 0.527. The average Bonchev–Trinajstić information content (AvgIpc) is 2.81. The molecule has 0 aromatic rings. The molecule has 1 spiro atoms. The first-order valence-corrected chi connectivity index (χ1v) is 8.16. The Labute approximate surface area is 114 Å². The summed E-state index contributed by atoms with van der Waals surface area (Å²) in [7, 11) is 0. The Balaban J connectivity index is 1.96. The lowest BCUT2D eigenvalue weighted by atomic mass is 9.88. The molecule has 2 heteroatoms. The molecule has 1 unspecified atom stereocenters.